The van der Waals surface area contributed by atoms with Gasteiger partial charge in [0.25, 0.3) is 0 Å². The molecule has 0 heterocycles. The number of aryl methyl sites for hydroxylation is 4. The molecule has 1 atom stereocenters. The summed E-state index contributed by atoms with van der Waals surface area (Å²) in [6.45, 7) is 12.8. The summed E-state index contributed by atoms with van der Waals surface area (Å²) in [7, 11) is -3.90. The summed E-state index contributed by atoms with van der Waals surface area (Å²) in [5, 5.41) is 3.27. The fourth-order valence-electron chi connectivity index (χ4n) is 4.58. The van der Waals surface area contributed by atoms with Crippen molar-refractivity contribution in [1.82, 2.24) is 5.32 Å². The summed E-state index contributed by atoms with van der Waals surface area (Å²) in [4.78, 5) is 17.9. The fraction of sp³-hybridized carbons (Fsp3) is 0.571. The van der Waals surface area contributed by atoms with Crippen molar-refractivity contribution in [3.05, 3.63) is 63.7 Å². The van der Waals surface area contributed by atoms with Crippen LogP contribution in [-0.2, 0) is 17.5 Å². The standard InChI is InChI=1S/C28H44NO4P/c1-6-9-25(19-26-12-11-21(2)22(3)16-26)10-7-14-33-28-23(4)17-27(18-24(28)5)20-29-13-8-15-34(30,31)32/h11-12,16-18,25,29H,6-10,13-15,19-20H2,1-5H3,(H2,30,31,32). The second-order valence-electron chi connectivity index (χ2n) is 9.75. The van der Waals surface area contributed by atoms with Crippen molar-refractivity contribution in [2.45, 2.75) is 79.7 Å². The van der Waals surface area contributed by atoms with Crippen molar-refractivity contribution in [3.63, 3.8) is 0 Å². The molecule has 0 saturated heterocycles. The van der Waals surface area contributed by atoms with Crippen LogP contribution in [0.4, 0.5) is 0 Å². The molecule has 0 radical (unpaired) electrons. The maximum absolute atomic E-state index is 10.9. The molecule has 6 heteroatoms. The number of nitrogens with one attached hydrogen (secondary N) is 1. The molecule has 0 fully saturated rings. The van der Waals surface area contributed by atoms with Crippen LogP contribution in [0.25, 0.3) is 0 Å². The van der Waals surface area contributed by atoms with Gasteiger partial charge in [0, 0.05) is 6.54 Å². The summed E-state index contributed by atoms with van der Waals surface area (Å²) in [5.74, 6) is 1.67. The van der Waals surface area contributed by atoms with Gasteiger partial charge in [-0.25, -0.2) is 0 Å². The zero-order valence-corrected chi connectivity index (χ0v) is 22.6. The number of rotatable bonds is 15. The Kier molecular flexibility index (Phi) is 11.8. The number of benzene rings is 2. The lowest BCUT2D eigenvalue weighted by Gasteiger charge is -2.18. The van der Waals surface area contributed by atoms with E-state index in [-0.39, 0.29) is 6.16 Å². The number of hydrogen-bond donors (Lipinski definition) is 3. The summed E-state index contributed by atoms with van der Waals surface area (Å²) >= 11 is 0. The Morgan fingerprint density at radius 1 is 0.912 bits per heavy atom. The molecule has 3 N–H and O–H groups in total. The summed E-state index contributed by atoms with van der Waals surface area (Å²) in [6, 6.07) is 11.1. The van der Waals surface area contributed by atoms with E-state index in [1.54, 1.807) is 0 Å². The van der Waals surface area contributed by atoms with Gasteiger partial charge in [0.2, 0.25) is 0 Å². The van der Waals surface area contributed by atoms with E-state index in [1.807, 2.05) is 0 Å². The molecule has 34 heavy (non-hydrogen) atoms. The first-order chi connectivity index (χ1) is 16.1. The minimum Gasteiger partial charge on any atom is -0.493 e. The highest BCUT2D eigenvalue weighted by Crippen LogP contribution is 2.34. The van der Waals surface area contributed by atoms with E-state index in [4.69, 9.17) is 14.5 Å². The Labute approximate surface area is 206 Å². The zero-order chi connectivity index (χ0) is 25.1. The largest absolute Gasteiger partial charge is 0.493 e. The quantitative estimate of drug-likeness (QED) is 0.199. The Hall–Kier alpha value is -1.65. The highest BCUT2D eigenvalue weighted by atomic mass is 31.2. The normalized spacial score (nSPS) is 12.7. The smallest absolute Gasteiger partial charge is 0.325 e. The molecule has 190 valence electrons. The van der Waals surface area contributed by atoms with Gasteiger partial charge in [-0.2, -0.15) is 0 Å². The summed E-state index contributed by atoms with van der Waals surface area (Å²) in [6.07, 6.45) is 6.22. The van der Waals surface area contributed by atoms with E-state index < -0.39 is 7.60 Å². The molecule has 5 nitrogen and oxygen atoms in total. The van der Waals surface area contributed by atoms with Gasteiger partial charge in [0.05, 0.1) is 12.8 Å². The zero-order valence-electron chi connectivity index (χ0n) is 21.7. The first-order valence-electron chi connectivity index (χ1n) is 12.6. The average Bonchev–Trinajstić information content (AvgIpc) is 2.74. The molecule has 2 rings (SSSR count). The van der Waals surface area contributed by atoms with E-state index in [9.17, 15) is 4.57 Å². The predicted octanol–water partition coefficient (Wildman–Crippen LogP) is 6.40. The SMILES string of the molecule is CCCC(CCCOc1c(C)cc(CNCCCP(=O)(O)O)cc1C)Cc1ccc(C)c(C)c1. The molecule has 0 aliphatic carbocycles. The molecule has 0 spiro atoms. The van der Waals surface area contributed by atoms with Gasteiger partial charge in [-0.1, -0.05) is 50.1 Å². The van der Waals surface area contributed by atoms with Crippen LogP contribution in [0.15, 0.2) is 30.3 Å². The van der Waals surface area contributed by atoms with Crippen molar-refractivity contribution in [2.75, 3.05) is 19.3 Å². The lowest BCUT2D eigenvalue weighted by molar-refractivity contribution is 0.284. The van der Waals surface area contributed by atoms with E-state index in [1.165, 1.54) is 36.0 Å². The average molecular weight is 490 g/mol. The van der Waals surface area contributed by atoms with Gasteiger partial charge in [-0.15, -0.1) is 0 Å². The van der Waals surface area contributed by atoms with Gasteiger partial charge >= 0.3 is 7.60 Å². The highest BCUT2D eigenvalue weighted by Gasteiger charge is 2.13. The Morgan fingerprint density at radius 2 is 1.59 bits per heavy atom. The molecule has 2 aromatic carbocycles. The van der Waals surface area contributed by atoms with Crippen LogP contribution in [0.5, 0.6) is 5.75 Å². The van der Waals surface area contributed by atoms with Gasteiger partial charge in [0.1, 0.15) is 5.75 Å². The molecule has 1 unspecified atom stereocenters. The molecule has 0 bridgehead atoms. The lowest BCUT2D eigenvalue weighted by Crippen LogP contribution is -2.16. The highest BCUT2D eigenvalue weighted by molar-refractivity contribution is 7.51. The summed E-state index contributed by atoms with van der Waals surface area (Å²) < 4.78 is 17.1. The van der Waals surface area contributed by atoms with Crippen LogP contribution in [0.1, 0.15) is 72.4 Å². The number of ether oxygens (including phenoxy) is 1. The molecule has 0 amide bonds. The van der Waals surface area contributed by atoms with Gasteiger partial charge in [0.15, 0.2) is 0 Å². The van der Waals surface area contributed by atoms with E-state index in [2.05, 4.69) is 70.3 Å². The topological polar surface area (TPSA) is 78.8 Å². The molecular weight excluding hydrogens is 445 g/mol. The minimum atomic E-state index is -3.90. The van der Waals surface area contributed by atoms with Gasteiger partial charge < -0.3 is 19.8 Å². The third kappa shape index (κ3) is 10.3. The molecular formula is C28H44NO4P. The lowest BCUT2D eigenvalue weighted by atomic mass is 9.90. The van der Waals surface area contributed by atoms with E-state index in [0.29, 0.717) is 25.4 Å². The monoisotopic (exact) mass is 489 g/mol. The van der Waals surface area contributed by atoms with Gasteiger partial charge in [-0.3, -0.25) is 4.57 Å². The van der Waals surface area contributed by atoms with Gasteiger partial charge in [-0.05, 0) is 99.2 Å². The van der Waals surface area contributed by atoms with Crippen LogP contribution in [0, 0.1) is 33.6 Å². The van der Waals surface area contributed by atoms with E-state index >= 15 is 0 Å². The first-order valence-corrected chi connectivity index (χ1v) is 14.4. The van der Waals surface area contributed by atoms with Crippen molar-refractivity contribution >= 4 is 7.60 Å². The molecule has 0 aromatic heterocycles. The Morgan fingerprint density at radius 3 is 2.21 bits per heavy atom. The van der Waals surface area contributed by atoms with Crippen LogP contribution in [0.3, 0.4) is 0 Å². The van der Waals surface area contributed by atoms with Crippen molar-refractivity contribution < 1.29 is 19.1 Å². The third-order valence-electron chi connectivity index (χ3n) is 6.45. The van der Waals surface area contributed by atoms with Crippen molar-refractivity contribution in [1.29, 1.82) is 0 Å². The van der Waals surface area contributed by atoms with Crippen molar-refractivity contribution in [2.24, 2.45) is 5.92 Å². The maximum Gasteiger partial charge on any atom is 0.325 e. The maximum atomic E-state index is 10.9. The first kappa shape index (κ1) is 28.6. The fourth-order valence-corrected chi connectivity index (χ4v) is 5.15. The molecule has 0 aliphatic heterocycles. The predicted molar refractivity (Wildman–Crippen MR) is 142 cm³/mol. The third-order valence-corrected chi connectivity index (χ3v) is 7.35. The van der Waals surface area contributed by atoms with Crippen LogP contribution < -0.4 is 10.1 Å². The Bertz CT molecular complexity index is 930. The molecule has 0 aliphatic rings. The second kappa shape index (κ2) is 14.0. The number of hydrogen-bond acceptors (Lipinski definition) is 3. The molecule has 0 saturated carbocycles. The Balaban J connectivity index is 1.81. The minimum absolute atomic E-state index is 0.0748. The summed E-state index contributed by atoms with van der Waals surface area (Å²) in [5.41, 5.74) is 7.60. The van der Waals surface area contributed by atoms with Crippen LogP contribution in [-0.4, -0.2) is 29.1 Å². The van der Waals surface area contributed by atoms with Crippen LogP contribution >= 0.6 is 7.60 Å². The van der Waals surface area contributed by atoms with Crippen molar-refractivity contribution in [3.8, 4) is 5.75 Å². The van der Waals surface area contributed by atoms with E-state index in [0.717, 1.165) is 41.9 Å². The molecule has 2 aromatic rings. The second-order valence-corrected chi connectivity index (χ2v) is 11.5. The van der Waals surface area contributed by atoms with Crippen LogP contribution in [0.2, 0.25) is 0 Å².